The lowest BCUT2D eigenvalue weighted by atomic mass is 10.0. The molecule has 7 heteroatoms. The Morgan fingerprint density at radius 2 is 1.07 bits per heavy atom. The van der Waals surface area contributed by atoms with Gasteiger partial charge in [-0.25, -0.2) is 0 Å². The predicted molar refractivity (Wildman–Crippen MR) is 107 cm³/mol. The van der Waals surface area contributed by atoms with E-state index in [9.17, 15) is 12.9 Å². The standard InChI is InChI=1S/C21H26N2.BF3.FH/c1-14-9-16(3)20(17(4)10-14)22-7-8-23(13-22)21-18(5)11-15(2)12-19(21)6;2-1(3)4;/h7,9-13H,8H2,1-6H3;;1H/q+2;;/p-1. The van der Waals surface area contributed by atoms with E-state index in [0.717, 1.165) is 6.54 Å². The second kappa shape index (κ2) is 9.67. The predicted octanol–water partition coefficient (Wildman–Crippen LogP) is 2.52. The van der Waals surface area contributed by atoms with Gasteiger partial charge in [0.2, 0.25) is 24.1 Å². The maximum Gasteiger partial charge on any atom is 0.762 e. The topological polar surface area (TPSA) is 6.02 Å². The molecular formula is C21H26BF4N2+. The van der Waals surface area contributed by atoms with Gasteiger partial charge in [0.05, 0.1) is 0 Å². The molecular weight excluding hydrogens is 367 g/mol. The molecule has 0 aliphatic carbocycles. The van der Waals surface area contributed by atoms with Crippen molar-refractivity contribution in [1.82, 2.24) is 0 Å². The number of hydrogen-bond donors (Lipinski definition) is 0. The highest BCUT2D eigenvalue weighted by Crippen LogP contribution is 2.28. The van der Waals surface area contributed by atoms with E-state index in [1.165, 1.54) is 44.8 Å². The van der Waals surface area contributed by atoms with Crippen molar-refractivity contribution in [1.29, 1.82) is 0 Å². The van der Waals surface area contributed by atoms with Crippen LogP contribution in [0.25, 0.3) is 0 Å². The summed E-state index contributed by atoms with van der Waals surface area (Å²) < 4.78 is 33.6. The summed E-state index contributed by atoms with van der Waals surface area (Å²) in [7, 11) is -3.67. The minimum absolute atomic E-state index is 0. The first-order valence-electron chi connectivity index (χ1n) is 8.91. The van der Waals surface area contributed by atoms with Gasteiger partial charge >= 0.3 is 13.9 Å². The molecule has 1 aliphatic heterocycles. The summed E-state index contributed by atoms with van der Waals surface area (Å²) in [6.45, 7) is 14.0. The molecule has 28 heavy (non-hydrogen) atoms. The Morgan fingerprint density at radius 3 is 1.46 bits per heavy atom. The minimum Gasteiger partial charge on any atom is -1.00 e. The molecule has 1 aliphatic rings. The van der Waals surface area contributed by atoms with Crippen LogP contribution in [-0.4, -0.2) is 35.8 Å². The van der Waals surface area contributed by atoms with Crippen LogP contribution in [0.15, 0.2) is 24.3 Å². The van der Waals surface area contributed by atoms with E-state index in [0.29, 0.717) is 0 Å². The third-order valence-corrected chi connectivity index (χ3v) is 4.56. The Kier molecular flexibility index (Phi) is 8.15. The van der Waals surface area contributed by atoms with E-state index in [2.05, 4.69) is 87.5 Å². The van der Waals surface area contributed by atoms with Crippen LogP contribution in [0.4, 0.5) is 24.3 Å². The van der Waals surface area contributed by atoms with Crippen LogP contribution in [0.1, 0.15) is 33.4 Å². The van der Waals surface area contributed by atoms with Gasteiger partial charge in [0.1, 0.15) is 0 Å². The van der Waals surface area contributed by atoms with Gasteiger partial charge in [-0.2, -0.15) is 0 Å². The van der Waals surface area contributed by atoms with Crippen molar-refractivity contribution < 1.29 is 26.8 Å². The van der Waals surface area contributed by atoms with Gasteiger partial charge in [0.25, 0.3) is 0 Å². The summed E-state index contributed by atoms with van der Waals surface area (Å²) in [6.07, 6.45) is 4.50. The average Bonchev–Trinajstić information content (AvgIpc) is 2.93. The zero-order chi connectivity index (χ0) is 20.3. The highest BCUT2D eigenvalue weighted by Gasteiger charge is 2.29. The Morgan fingerprint density at radius 1 is 0.714 bits per heavy atom. The van der Waals surface area contributed by atoms with Gasteiger partial charge < -0.3 is 4.70 Å². The van der Waals surface area contributed by atoms with Crippen LogP contribution in [0.3, 0.4) is 0 Å². The van der Waals surface area contributed by atoms with E-state index < -0.39 is 7.54 Å². The van der Waals surface area contributed by atoms with Gasteiger partial charge in [-0.15, -0.1) is 9.15 Å². The first kappa shape index (κ1) is 23.6. The van der Waals surface area contributed by atoms with Crippen molar-refractivity contribution in [2.24, 2.45) is 0 Å². The van der Waals surface area contributed by atoms with Crippen LogP contribution in [0.5, 0.6) is 0 Å². The number of nitrogens with zero attached hydrogens (tertiary/aromatic N) is 2. The number of aryl methyl sites for hydroxylation is 6. The van der Waals surface area contributed by atoms with Crippen LogP contribution in [0, 0.1) is 41.5 Å². The molecule has 0 saturated carbocycles. The number of rotatable bonds is 2. The maximum atomic E-state index is 9.67. The largest absolute Gasteiger partial charge is 1.00 e. The molecule has 2 aromatic carbocycles. The third kappa shape index (κ3) is 5.53. The zero-order valence-corrected chi connectivity index (χ0v) is 17.2. The molecule has 0 fully saturated rings. The molecule has 1 heterocycles. The Balaban J connectivity index is 0.000000717. The zero-order valence-electron chi connectivity index (χ0n) is 17.2. The molecule has 150 valence electrons. The quantitative estimate of drug-likeness (QED) is 0.420. The number of benzene rings is 2. The van der Waals surface area contributed by atoms with E-state index in [4.69, 9.17) is 0 Å². The van der Waals surface area contributed by atoms with E-state index in [1.807, 2.05) is 0 Å². The highest BCUT2D eigenvalue weighted by molar-refractivity contribution is 6.33. The fraction of sp³-hybridized carbons (Fsp3) is 0.333. The van der Waals surface area contributed by atoms with Crippen LogP contribution < -0.4 is 4.70 Å². The molecule has 3 rings (SSSR count). The summed E-state index contributed by atoms with van der Waals surface area (Å²) in [6, 6.07) is 9.05. The summed E-state index contributed by atoms with van der Waals surface area (Å²) in [5.74, 6) is 0. The molecule has 0 saturated heterocycles. The molecule has 0 aromatic heterocycles. The van der Waals surface area contributed by atoms with Crippen LogP contribution in [-0.2, 0) is 0 Å². The summed E-state index contributed by atoms with van der Waals surface area (Å²) in [4.78, 5) is 0. The molecule has 0 bridgehead atoms. The molecule has 0 radical (unpaired) electrons. The van der Waals surface area contributed by atoms with Gasteiger partial charge in [0.15, 0.2) is 0 Å². The summed E-state index contributed by atoms with van der Waals surface area (Å²) >= 11 is 0. The van der Waals surface area contributed by atoms with Crippen molar-refractivity contribution in [3.8, 4) is 0 Å². The Labute approximate surface area is 164 Å². The maximum absolute atomic E-state index is 9.67. The monoisotopic (exact) mass is 393 g/mol. The van der Waals surface area contributed by atoms with Gasteiger partial charge in [-0.1, -0.05) is 11.1 Å². The second-order valence-electron chi connectivity index (χ2n) is 7.10. The first-order chi connectivity index (χ1) is 12.6. The summed E-state index contributed by atoms with van der Waals surface area (Å²) in [5, 5.41) is 0. The lowest BCUT2D eigenvalue weighted by Gasteiger charge is -2.05. The van der Waals surface area contributed by atoms with E-state index in [1.54, 1.807) is 0 Å². The fourth-order valence-corrected chi connectivity index (χ4v) is 3.92. The van der Waals surface area contributed by atoms with E-state index >= 15 is 0 Å². The smallest absolute Gasteiger partial charge is 0.762 e. The SMILES string of the molecule is Cc1cc(C)c([N+]2=CC[N+](c3c(C)cc(C)cc3C)=C2)c(C)c1.FB(F)F.[F-]. The van der Waals surface area contributed by atoms with Gasteiger partial charge in [0, 0.05) is 22.3 Å². The lowest BCUT2D eigenvalue weighted by molar-refractivity contribution is -0.446. The number of halogens is 4. The first-order valence-corrected chi connectivity index (χ1v) is 8.91. The molecule has 2 aromatic rings. The number of hydrogen-bond acceptors (Lipinski definition) is 0. The van der Waals surface area contributed by atoms with Gasteiger partial charge in [-0.05, 0) is 65.8 Å². The second-order valence-corrected chi connectivity index (χ2v) is 7.10. The van der Waals surface area contributed by atoms with Crippen molar-refractivity contribution in [2.45, 2.75) is 41.5 Å². The third-order valence-electron chi connectivity index (χ3n) is 4.56. The van der Waals surface area contributed by atoms with Crippen LogP contribution >= 0.6 is 0 Å². The summed E-state index contributed by atoms with van der Waals surface area (Å²) in [5.41, 5.74) is 10.6. The van der Waals surface area contributed by atoms with Crippen molar-refractivity contribution in [3.05, 3.63) is 57.6 Å². The lowest BCUT2D eigenvalue weighted by Crippen LogP contribution is -3.00. The molecule has 0 amide bonds. The minimum atomic E-state index is -3.67. The van der Waals surface area contributed by atoms with Gasteiger partial charge in [-0.3, -0.25) is 12.9 Å². The molecule has 0 spiro atoms. The van der Waals surface area contributed by atoms with Crippen molar-refractivity contribution in [2.75, 3.05) is 6.54 Å². The fourth-order valence-electron chi connectivity index (χ4n) is 3.92. The van der Waals surface area contributed by atoms with E-state index in [-0.39, 0.29) is 4.70 Å². The van der Waals surface area contributed by atoms with Crippen molar-refractivity contribution >= 4 is 31.5 Å². The molecule has 0 unspecified atom stereocenters. The normalized spacial score (nSPS) is 12.5. The van der Waals surface area contributed by atoms with Crippen molar-refractivity contribution in [3.63, 3.8) is 0 Å². The average molecular weight is 393 g/mol. The molecule has 0 atom stereocenters. The molecule has 2 nitrogen and oxygen atoms in total. The highest BCUT2D eigenvalue weighted by atomic mass is 19.4. The Bertz CT molecular complexity index is 872. The molecule has 0 N–H and O–H groups in total. The Hall–Kier alpha value is -2.44. The van der Waals surface area contributed by atoms with Crippen LogP contribution in [0.2, 0.25) is 0 Å².